The molecule has 4 aromatic rings. The summed E-state index contributed by atoms with van der Waals surface area (Å²) < 4.78 is 7.03. The number of rotatable bonds is 6. The lowest BCUT2D eigenvalue weighted by atomic mass is 10.1. The minimum Gasteiger partial charge on any atom is -0.339 e. The van der Waals surface area contributed by atoms with Gasteiger partial charge in [-0.25, -0.2) is 0 Å². The highest BCUT2D eigenvalue weighted by molar-refractivity contribution is 6.04. The summed E-state index contributed by atoms with van der Waals surface area (Å²) in [7, 11) is 0. The van der Waals surface area contributed by atoms with Gasteiger partial charge in [-0.15, -0.1) is 0 Å². The van der Waals surface area contributed by atoms with Crippen LogP contribution in [0.4, 0.5) is 5.69 Å². The smallest absolute Gasteiger partial charge is 0.248 e. The van der Waals surface area contributed by atoms with E-state index in [9.17, 15) is 4.79 Å². The number of carbonyl (C=O) groups excluding carboxylic acids is 1. The lowest BCUT2D eigenvalue weighted by molar-refractivity contribution is -0.111. The van der Waals surface area contributed by atoms with Crippen molar-refractivity contribution >= 4 is 17.7 Å². The van der Waals surface area contributed by atoms with Crippen LogP contribution in [0.25, 0.3) is 17.5 Å². The molecule has 1 amide bonds. The number of hydrogen-bond donors (Lipinski definition) is 1. The molecule has 2 aromatic carbocycles. The summed E-state index contributed by atoms with van der Waals surface area (Å²) in [5, 5.41) is 11.5. The summed E-state index contributed by atoms with van der Waals surface area (Å²) in [6.45, 7) is 8.45. The quantitative estimate of drug-likeness (QED) is 0.444. The van der Waals surface area contributed by atoms with Crippen LogP contribution in [0.3, 0.4) is 0 Å². The number of anilines is 1. The Balaban J connectivity index is 1.50. The van der Waals surface area contributed by atoms with Gasteiger partial charge >= 0.3 is 0 Å². The molecule has 32 heavy (non-hydrogen) atoms. The zero-order valence-electron chi connectivity index (χ0n) is 18.6. The fourth-order valence-corrected chi connectivity index (χ4v) is 3.50. The number of aryl methyl sites for hydroxylation is 3. The van der Waals surface area contributed by atoms with Crippen molar-refractivity contribution in [2.75, 3.05) is 5.32 Å². The molecule has 0 bridgehead atoms. The van der Waals surface area contributed by atoms with Gasteiger partial charge in [0.05, 0.1) is 17.9 Å². The van der Waals surface area contributed by atoms with Crippen molar-refractivity contribution in [3.05, 3.63) is 88.6 Å². The molecule has 0 saturated heterocycles. The number of aromatic nitrogens is 4. The van der Waals surface area contributed by atoms with Crippen molar-refractivity contribution in [2.24, 2.45) is 0 Å². The number of nitrogens with zero attached hydrogens (tertiary/aromatic N) is 4. The summed E-state index contributed by atoms with van der Waals surface area (Å²) >= 11 is 0. The number of benzene rings is 2. The minimum absolute atomic E-state index is 0.247. The van der Waals surface area contributed by atoms with E-state index in [1.807, 2.05) is 42.8 Å². The molecule has 0 saturated carbocycles. The maximum atomic E-state index is 12.6. The number of amides is 1. The van der Waals surface area contributed by atoms with Crippen LogP contribution in [0, 0.1) is 27.7 Å². The molecule has 0 unspecified atom stereocenters. The highest BCUT2D eigenvalue weighted by Gasteiger charge is 2.13. The van der Waals surface area contributed by atoms with Crippen LogP contribution in [0.2, 0.25) is 0 Å². The van der Waals surface area contributed by atoms with Gasteiger partial charge < -0.3 is 9.84 Å². The summed E-state index contributed by atoms with van der Waals surface area (Å²) in [4.78, 5) is 16.9. The topological polar surface area (TPSA) is 85.8 Å². The maximum absolute atomic E-state index is 12.6. The zero-order chi connectivity index (χ0) is 22.7. The average molecular weight is 428 g/mol. The van der Waals surface area contributed by atoms with Crippen molar-refractivity contribution in [1.29, 1.82) is 0 Å². The fourth-order valence-electron chi connectivity index (χ4n) is 3.50. The van der Waals surface area contributed by atoms with Crippen molar-refractivity contribution in [2.45, 2.75) is 34.2 Å². The monoisotopic (exact) mass is 427 g/mol. The Kier molecular flexibility index (Phi) is 5.98. The fraction of sp³-hybridized carbons (Fsp3) is 0.200. The Morgan fingerprint density at radius 3 is 2.53 bits per heavy atom. The summed E-state index contributed by atoms with van der Waals surface area (Å²) in [6.07, 6.45) is 3.32. The van der Waals surface area contributed by atoms with Gasteiger partial charge in [0.25, 0.3) is 0 Å². The van der Waals surface area contributed by atoms with Gasteiger partial charge in [-0.2, -0.15) is 10.1 Å². The molecule has 1 N–H and O–H groups in total. The molecular formula is C25H25N5O2. The van der Waals surface area contributed by atoms with E-state index in [1.54, 1.807) is 13.0 Å². The molecule has 0 spiro atoms. The van der Waals surface area contributed by atoms with Crippen molar-refractivity contribution in [3.8, 4) is 11.4 Å². The van der Waals surface area contributed by atoms with Crippen LogP contribution in [0.1, 0.15) is 34.0 Å². The molecule has 0 radical (unpaired) electrons. The first-order chi connectivity index (χ1) is 15.4. The molecule has 0 aliphatic heterocycles. The Morgan fingerprint density at radius 1 is 1.06 bits per heavy atom. The molecule has 4 rings (SSSR count). The first-order valence-corrected chi connectivity index (χ1v) is 10.4. The van der Waals surface area contributed by atoms with E-state index < -0.39 is 0 Å². The molecule has 7 nitrogen and oxygen atoms in total. The molecule has 2 aromatic heterocycles. The molecule has 0 aliphatic carbocycles. The summed E-state index contributed by atoms with van der Waals surface area (Å²) in [5.41, 5.74) is 6.55. The van der Waals surface area contributed by atoms with Crippen LogP contribution in [0.5, 0.6) is 0 Å². The van der Waals surface area contributed by atoms with Crippen LogP contribution in [-0.4, -0.2) is 25.8 Å². The Labute approximate surface area is 186 Å². The molecule has 0 fully saturated rings. The third-order valence-electron chi connectivity index (χ3n) is 5.25. The van der Waals surface area contributed by atoms with E-state index in [-0.39, 0.29) is 5.91 Å². The van der Waals surface area contributed by atoms with Gasteiger partial charge in [-0.05, 0) is 44.5 Å². The van der Waals surface area contributed by atoms with Crippen LogP contribution in [-0.2, 0) is 11.3 Å². The zero-order valence-corrected chi connectivity index (χ0v) is 18.6. The first kappa shape index (κ1) is 21.2. The third-order valence-corrected chi connectivity index (χ3v) is 5.25. The number of hydrogen-bond acceptors (Lipinski definition) is 5. The van der Waals surface area contributed by atoms with Crippen LogP contribution in [0.15, 0.2) is 59.1 Å². The second kappa shape index (κ2) is 9.01. The Morgan fingerprint density at radius 2 is 1.81 bits per heavy atom. The average Bonchev–Trinajstić information content (AvgIpc) is 3.31. The highest BCUT2D eigenvalue weighted by atomic mass is 16.5. The van der Waals surface area contributed by atoms with Crippen molar-refractivity contribution < 1.29 is 9.32 Å². The van der Waals surface area contributed by atoms with E-state index in [0.717, 1.165) is 17.0 Å². The number of nitrogens with one attached hydrogen (secondary N) is 1. The van der Waals surface area contributed by atoms with Gasteiger partial charge in [-0.3, -0.25) is 9.48 Å². The predicted molar refractivity (Wildman–Crippen MR) is 124 cm³/mol. The van der Waals surface area contributed by atoms with E-state index in [0.29, 0.717) is 29.5 Å². The Bertz CT molecular complexity index is 1280. The van der Waals surface area contributed by atoms with Crippen LogP contribution >= 0.6 is 0 Å². The van der Waals surface area contributed by atoms with E-state index >= 15 is 0 Å². The van der Waals surface area contributed by atoms with Crippen molar-refractivity contribution in [3.63, 3.8) is 0 Å². The van der Waals surface area contributed by atoms with Gasteiger partial charge in [-0.1, -0.05) is 47.1 Å². The number of carbonyl (C=O) groups is 1. The summed E-state index contributed by atoms with van der Waals surface area (Å²) in [5.74, 6) is 0.656. The van der Waals surface area contributed by atoms with Gasteiger partial charge in [0.15, 0.2) is 0 Å². The summed E-state index contributed by atoms with van der Waals surface area (Å²) in [6, 6.07) is 15.8. The van der Waals surface area contributed by atoms with E-state index in [4.69, 9.17) is 4.52 Å². The molecule has 0 aliphatic rings. The number of para-hydroxylation sites is 1. The van der Waals surface area contributed by atoms with Gasteiger partial charge in [0, 0.05) is 29.8 Å². The van der Waals surface area contributed by atoms with Gasteiger partial charge in [0.1, 0.15) is 0 Å². The Hall–Kier alpha value is -4.00. The second-order valence-corrected chi connectivity index (χ2v) is 7.73. The second-order valence-electron chi connectivity index (χ2n) is 7.73. The third kappa shape index (κ3) is 4.67. The van der Waals surface area contributed by atoms with Crippen molar-refractivity contribution in [1.82, 2.24) is 19.9 Å². The maximum Gasteiger partial charge on any atom is 0.248 e. The lowest BCUT2D eigenvalue weighted by Gasteiger charge is -2.07. The molecular weight excluding hydrogens is 402 g/mol. The SMILES string of the molecule is Cc1ccc(Cn2nc(C)c(/C=C/C(=O)Nc3ccccc3-c3noc(C)n3)c2C)cc1. The standard InChI is InChI=1S/C25H25N5O2/c1-16-9-11-20(12-10-16)15-30-18(3)21(17(2)28-30)13-14-24(31)27-23-8-6-5-7-22(23)25-26-19(4)32-29-25/h5-14H,15H2,1-4H3,(H,27,31)/b14-13+. The largest absolute Gasteiger partial charge is 0.339 e. The molecule has 2 heterocycles. The first-order valence-electron chi connectivity index (χ1n) is 10.4. The predicted octanol–water partition coefficient (Wildman–Crippen LogP) is 4.87. The minimum atomic E-state index is -0.247. The molecule has 7 heteroatoms. The molecule has 0 atom stereocenters. The molecule has 162 valence electrons. The normalized spacial score (nSPS) is 11.2. The van der Waals surface area contributed by atoms with E-state index in [2.05, 4.69) is 51.7 Å². The van der Waals surface area contributed by atoms with Crippen LogP contribution < -0.4 is 5.32 Å². The highest BCUT2D eigenvalue weighted by Crippen LogP contribution is 2.25. The van der Waals surface area contributed by atoms with Gasteiger partial charge in [0.2, 0.25) is 17.6 Å². The lowest BCUT2D eigenvalue weighted by Crippen LogP contribution is -2.09. The van der Waals surface area contributed by atoms with E-state index in [1.165, 1.54) is 17.2 Å².